The molecule has 1 N–H and O–H groups in total. The zero-order chi connectivity index (χ0) is 20.8. The second-order valence-corrected chi connectivity index (χ2v) is 7.62. The van der Waals surface area contributed by atoms with Gasteiger partial charge >= 0.3 is 6.03 Å². The molecule has 0 bridgehead atoms. The van der Waals surface area contributed by atoms with Crippen LogP contribution in [0.3, 0.4) is 0 Å². The number of nitrogens with zero attached hydrogens (tertiary/aromatic N) is 4. The fraction of sp³-hybridized carbons (Fsp3) is 0.381. The molecule has 0 radical (unpaired) electrons. The summed E-state index contributed by atoms with van der Waals surface area (Å²) in [6, 6.07) is 11.1. The average Bonchev–Trinajstić information content (AvgIpc) is 2.74. The zero-order valence-electron chi connectivity index (χ0n) is 16.8. The fourth-order valence-electron chi connectivity index (χ4n) is 3.15. The lowest BCUT2D eigenvalue weighted by Gasteiger charge is -2.34. The summed E-state index contributed by atoms with van der Waals surface area (Å²) in [5.74, 6) is 0.905. The Bertz CT molecular complexity index is 848. The number of halogens is 1. The summed E-state index contributed by atoms with van der Waals surface area (Å²) in [5.41, 5.74) is 1.77. The molecule has 1 fully saturated rings. The molecular weight excluding hydrogens is 390 g/mol. The Kier molecular flexibility index (Phi) is 6.93. The van der Waals surface area contributed by atoms with Crippen LogP contribution < -0.4 is 10.2 Å². The lowest BCUT2D eigenvalue weighted by atomic mass is 10.1. The van der Waals surface area contributed by atoms with Gasteiger partial charge in [0.25, 0.3) is 0 Å². The van der Waals surface area contributed by atoms with Crippen LogP contribution >= 0.6 is 11.6 Å². The number of carbonyl (C=O) groups excluding carboxylic acids is 2. The second kappa shape index (κ2) is 9.60. The van der Waals surface area contributed by atoms with E-state index in [0.717, 1.165) is 16.9 Å². The summed E-state index contributed by atoms with van der Waals surface area (Å²) in [4.78, 5) is 34.7. The van der Waals surface area contributed by atoms with E-state index in [-0.39, 0.29) is 18.4 Å². The van der Waals surface area contributed by atoms with Crippen molar-refractivity contribution in [2.24, 2.45) is 0 Å². The number of hydrogen-bond acceptors (Lipinski definition) is 4. The van der Waals surface area contributed by atoms with Crippen LogP contribution in [0.5, 0.6) is 0 Å². The summed E-state index contributed by atoms with van der Waals surface area (Å²) in [6.07, 6.45) is 2.04. The zero-order valence-corrected chi connectivity index (χ0v) is 17.5. The van der Waals surface area contributed by atoms with E-state index in [0.29, 0.717) is 37.7 Å². The summed E-state index contributed by atoms with van der Waals surface area (Å²) in [6.45, 7) is 2.49. The van der Waals surface area contributed by atoms with E-state index in [1.54, 1.807) is 22.1 Å². The van der Waals surface area contributed by atoms with Gasteiger partial charge in [-0.15, -0.1) is 0 Å². The maximum atomic E-state index is 12.5. The van der Waals surface area contributed by atoms with E-state index in [9.17, 15) is 9.59 Å². The smallest absolute Gasteiger partial charge is 0.317 e. The SMILES string of the molecule is CN(C)c1ccc(CNC(=O)N2CCN(C(=O)Cc3ccccc3Cl)CC2)cn1. The lowest BCUT2D eigenvalue weighted by molar-refractivity contribution is -0.131. The van der Waals surface area contributed by atoms with Gasteiger partial charge in [-0.25, -0.2) is 9.78 Å². The third-order valence-corrected chi connectivity index (χ3v) is 5.30. The largest absolute Gasteiger partial charge is 0.363 e. The van der Waals surface area contributed by atoms with Gasteiger partial charge in [-0.3, -0.25) is 4.79 Å². The van der Waals surface area contributed by atoms with Gasteiger partial charge in [-0.2, -0.15) is 0 Å². The molecule has 1 aliphatic rings. The highest BCUT2D eigenvalue weighted by Crippen LogP contribution is 2.17. The number of hydrogen-bond donors (Lipinski definition) is 1. The molecule has 0 spiro atoms. The molecule has 1 aliphatic heterocycles. The molecule has 3 amide bonds. The van der Waals surface area contributed by atoms with Gasteiger partial charge in [0, 0.05) is 58.0 Å². The number of aromatic nitrogens is 1. The minimum Gasteiger partial charge on any atom is -0.363 e. The third-order valence-electron chi connectivity index (χ3n) is 4.93. The molecule has 2 heterocycles. The van der Waals surface area contributed by atoms with Crippen LogP contribution in [0.2, 0.25) is 5.02 Å². The van der Waals surface area contributed by atoms with Crippen LogP contribution in [0.4, 0.5) is 10.6 Å². The Morgan fingerprint density at radius 2 is 1.76 bits per heavy atom. The van der Waals surface area contributed by atoms with Crippen molar-refractivity contribution in [2.75, 3.05) is 45.2 Å². The number of nitrogens with one attached hydrogen (secondary N) is 1. The quantitative estimate of drug-likeness (QED) is 0.814. The van der Waals surface area contributed by atoms with E-state index < -0.39 is 0 Å². The number of piperazine rings is 1. The Morgan fingerprint density at radius 3 is 2.38 bits per heavy atom. The number of pyridine rings is 1. The predicted octanol–water partition coefficient (Wildman–Crippen LogP) is 2.40. The summed E-state index contributed by atoms with van der Waals surface area (Å²) >= 11 is 6.14. The fourth-order valence-corrected chi connectivity index (χ4v) is 3.35. The Labute approximate surface area is 176 Å². The molecular formula is C21H26ClN5O2. The van der Waals surface area contributed by atoms with Crippen molar-refractivity contribution in [3.05, 3.63) is 58.7 Å². The maximum Gasteiger partial charge on any atom is 0.317 e. The normalized spacial score (nSPS) is 13.9. The highest BCUT2D eigenvalue weighted by molar-refractivity contribution is 6.31. The summed E-state index contributed by atoms with van der Waals surface area (Å²) in [7, 11) is 3.87. The predicted molar refractivity (Wildman–Crippen MR) is 114 cm³/mol. The summed E-state index contributed by atoms with van der Waals surface area (Å²) in [5, 5.41) is 3.52. The number of amides is 3. The highest BCUT2D eigenvalue weighted by Gasteiger charge is 2.24. The molecule has 0 aliphatic carbocycles. The highest BCUT2D eigenvalue weighted by atomic mass is 35.5. The molecule has 0 atom stereocenters. The summed E-state index contributed by atoms with van der Waals surface area (Å²) < 4.78 is 0. The molecule has 1 aromatic heterocycles. The van der Waals surface area contributed by atoms with Crippen molar-refractivity contribution < 1.29 is 9.59 Å². The minimum absolute atomic E-state index is 0.0326. The average molecular weight is 416 g/mol. The van der Waals surface area contributed by atoms with Crippen molar-refractivity contribution in [1.29, 1.82) is 0 Å². The topological polar surface area (TPSA) is 68.8 Å². The first kappa shape index (κ1) is 20.9. The van der Waals surface area contributed by atoms with Gasteiger partial charge in [0.15, 0.2) is 0 Å². The van der Waals surface area contributed by atoms with Crippen molar-refractivity contribution in [1.82, 2.24) is 20.1 Å². The van der Waals surface area contributed by atoms with Crippen molar-refractivity contribution in [2.45, 2.75) is 13.0 Å². The molecule has 1 saturated heterocycles. The van der Waals surface area contributed by atoms with Crippen LogP contribution in [0.25, 0.3) is 0 Å². The van der Waals surface area contributed by atoms with Crippen LogP contribution in [-0.4, -0.2) is 67.0 Å². The lowest BCUT2D eigenvalue weighted by Crippen LogP contribution is -2.53. The first-order valence-corrected chi connectivity index (χ1v) is 9.98. The van der Waals surface area contributed by atoms with Crippen molar-refractivity contribution in [3.63, 3.8) is 0 Å². The van der Waals surface area contributed by atoms with Gasteiger partial charge in [-0.05, 0) is 23.3 Å². The second-order valence-electron chi connectivity index (χ2n) is 7.21. The number of urea groups is 1. The number of rotatable bonds is 5. The van der Waals surface area contributed by atoms with Gasteiger partial charge in [-0.1, -0.05) is 35.9 Å². The van der Waals surface area contributed by atoms with Crippen LogP contribution in [-0.2, 0) is 17.8 Å². The molecule has 2 aromatic rings. The standard InChI is InChI=1S/C21H26ClN5O2/c1-25(2)19-8-7-16(14-23-19)15-24-21(29)27-11-9-26(10-12-27)20(28)13-17-5-3-4-6-18(17)22/h3-8,14H,9-13,15H2,1-2H3,(H,24,29). The monoisotopic (exact) mass is 415 g/mol. The molecule has 0 saturated carbocycles. The van der Waals surface area contributed by atoms with Gasteiger partial charge in [0.2, 0.25) is 5.91 Å². The first-order chi connectivity index (χ1) is 13.9. The van der Waals surface area contributed by atoms with Crippen LogP contribution in [0, 0.1) is 0 Å². The van der Waals surface area contributed by atoms with E-state index in [4.69, 9.17) is 11.6 Å². The molecule has 8 heteroatoms. The Morgan fingerprint density at radius 1 is 1.07 bits per heavy atom. The number of carbonyl (C=O) groups is 2. The molecule has 29 heavy (non-hydrogen) atoms. The number of benzene rings is 1. The first-order valence-electron chi connectivity index (χ1n) is 9.60. The number of anilines is 1. The molecule has 0 unspecified atom stereocenters. The van der Waals surface area contributed by atoms with Gasteiger partial charge in [0.05, 0.1) is 6.42 Å². The van der Waals surface area contributed by atoms with Gasteiger partial charge < -0.3 is 20.0 Å². The van der Waals surface area contributed by atoms with Crippen LogP contribution in [0.1, 0.15) is 11.1 Å². The molecule has 3 rings (SSSR count). The van der Waals surface area contributed by atoms with Crippen molar-refractivity contribution in [3.8, 4) is 0 Å². The molecule has 154 valence electrons. The van der Waals surface area contributed by atoms with E-state index in [2.05, 4.69) is 10.3 Å². The van der Waals surface area contributed by atoms with E-state index in [1.807, 2.05) is 49.3 Å². The Balaban J connectivity index is 1.44. The maximum absolute atomic E-state index is 12.5. The third kappa shape index (κ3) is 5.60. The van der Waals surface area contributed by atoms with Crippen LogP contribution in [0.15, 0.2) is 42.6 Å². The van der Waals surface area contributed by atoms with Gasteiger partial charge in [0.1, 0.15) is 5.82 Å². The van der Waals surface area contributed by atoms with E-state index >= 15 is 0 Å². The molecule has 1 aromatic carbocycles. The molecule has 7 nitrogen and oxygen atoms in total. The minimum atomic E-state index is -0.125. The Hall–Kier alpha value is -2.80. The van der Waals surface area contributed by atoms with E-state index in [1.165, 1.54) is 0 Å². The van der Waals surface area contributed by atoms with Crippen molar-refractivity contribution >= 4 is 29.4 Å².